The predicted molar refractivity (Wildman–Crippen MR) is 183 cm³/mol. The number of thioether (sulfide) groups is 1. The number of aromatic nitrogens is 3. The van der Waals surface area contributed by atoms with Gasteiger partial charge in [-0.15, -0.1) is 11.8 Å². The van der Waals surface area contributed by atoms with Crippen LogP contribution in [0.3, 0.4) is 0 Å². The molecule has 2 atom stereocenters. The Morgan fingerprint density at radius 3 is 2.49 bits per heavy atom. The van der Waals surface area contributed by atoms with Crippen LogP contribution in [0.25, 0.3) is 6.08 Å². The number of rotatable bonds is 14. The maximum absolute atomic E-state index is 15.8. The number of esters is 1. The van der Waals surface area contributed by atoms with Crippen molar-refractivity contribution in [2.45, 2.75) is 49.4 Å². The van der Waals surface area contributed by atoms with Gasteiger partial charge in [-0.05, 0) is 55.8 Å². The molecular formula is C36H32F3N4Na2O8PS. The summed E-state index contributed by atoms with van der Waals surface area (Å²) in [5.74, 6) is -3.42. The average Bonchev–Trinajstić information content (AvgIpc) is 3.63. The summed E-state index contributed by atoms with van der Waals surface area (Å²) in [4.78, 5) is 40.6. The van der Waals surface area contributed by atoms with Gasteiger partial charge >= 0.3 is 65.1 Å². The van der Waals surface area contributed by atoms with Crippen LogP contribution in [0.5, 0.6) is 0 Å². The second-order valence-electron chi connectivity index (χ2n) is 11.9. The van der Waals surface area contributed by atoms with E-state index in [2.05, 4.69) is 14.6 Å². The average molecular weight is 815 g/mol. The molecule has 0 amide bonds. The molecule has 0 saturated carbocycles. The number of halogens is 3. The summed E-state index contributed by atoms with van der Waals surface area (Å²) in [6.45, 7) is 2.62. The molecule has 5 rings (SSSR count). The summed E-state index contributed by atoms with van der Waals surface area (Å²) in [5, 5.41) is 11.9. The van der Waals surface area contributed by atoms with E-state index in [1.165, 1.54) is 65.5 Å². The SMILES string of the molecule is Cc1ccc(COP(=O)([O-])[O-])c(C(=O)O[C@@](Cn2cncn2)(c2ccc(F)cc2F)[C@@H](C)SC2COC(/C=C/C=C/c3ccc(C#N)cc3F)OC2)c1.[Na+].[Na+]. The van der Waals surface area contributed by atoms with E-state index in [4.69, 9.17) is 19.5 Å². The van der Waals surface area contributed by atoms with Crippen molar-refractivity contribution in [2.75, 3.05) is 13.2 Å². The number of ether oxygens (including phenoxy) is 3. The fraction of sp³-hybridized carbons (Fsp3) is 0.278. The molecule has 2 heterocycles. The molecule has 0 bridgehead atoms. The van der Waals surface area contributed by atoms with Crippen LogP contribution in [0.15, 0.2) is 85.5 Å². The molecule has 4 aromatic rings. The zero-order chi connectivity index (χ0) is 38.2. The molecule has 0 spiro atoms. The van der Waals surface area contributed by atoms with Crippen molar-refractivity contribution in [1.29, 1.82) is 5.26 Å². The molecule has 1 fully saturated rings. The maximum atomic E-state index is 15.8. The number of hydrogen-bond donors (Lipinski definition) is 0. The Morgan fingerprint density at radius 1 is 1.11 bits per heavy atom. The van der Waals surface area contributed by atoms with Gasteiger partial charge in [0.25, 0.3) is 0 Å². The van der Waals surface area contributed by atoms with E-state index < -0.39 is 55.0 Å². The normalized spacial score (nSPS) is 17.5. The van der Waals surface area contributed by atoms with E-state index in [0.717, 1.165) is 12.1 Å². The van der Waals surface area contributed by atoms with Crippen LogP contribution in [-0.4, -0.2) is 50.7 Å². The van der Waals surface area contributed by atoms with Crippen molar-refractivity contribution >= 4 is 31.6 Å². The maximum Gasteiger partial charge on any atom is 1.00 e. The first kappa shape index (κ1) is 46.8. The van der Waals surface area contributed by atoms with Crippen LogP contribution < -0.4 is 68.9 Å². The number of hydrogen-bond acceptors (Lipinski definition) is 12. The number of carbonyl (C=O) groups is 1. The van der Waals surface area contributed by atoms with Gasteiger partial charge in [-0.1, -0.05) is 42.0 Å². The monoisotopic (exact) mass is 814 g/mol. The minimum atomic E-state index is -5.41. The van der Waals surface area contributed by atoms with E-state index in [0.29, 0.717) is 17.2 Å². The molecule has 55 heavy (non-hydrogen) atoms. The molecular weight excluding hydrogens is 782 g/mol. The molecule has 12 nitrogen and oxygen atoms in total. The Morgan fingerprint density at radius 2 is 1.85 bits per heavy atom. The number of benzene rings is 3. The second kappa shape index (κ2) is 21.2. The Hall–Kier alpha value is -2.59. The Labute approximate surface area is 363 Å². The number of phosphoric ester groups is 1. The molecule has 278 valence electrons. The Kier molecular flexibility index (Phi) is 18.1. The molecule has 0 unspecified atom stereocenters. The topological polar surface area (TPSA) is 172 Å². The van der Waals surface area contributed by atoms with E-state index in [1.807, 2.05) is 6.07 Å². The van der Waals surface area contributed by atoms with E-state index >= 15 is 4.39 Å². The number of nitrogens with zero attached hydrogens (tertiary/aromatic N) is 4. The summed E-state index contributed by atoms with van der Waals surface area (Å²) < 4.78 is 79.3. The van der Waals surface area contributed by atoms with Crippen molar-refractivity contribution < 1.29 is 110 Å². The minimum Gasteiger partial charge on any atom is -0.790 e. The Bertz CT molecular complexity index is 2080. The van der Waals surface area contributed by atoms with Crippen LogP contribution in [0.2, 0.25) is 0 Å². The van der Waals surface area contributed by atoms with Crippen molar-refractivity contribution in [3.05, 3.63) is 136 Å². The number of nitriles is 1. The van der Waals surface area contributed by atoms with Gasteiger partial charge in [0.05, 0.1) is 56.6 Å². The standard InChI is InChI=1S/C36H34F3N4O8PS.2Na/c1-23-7-9-27(17-50-52(45,46)47)30(13-23)35(44)51-36(20-43-22-41-21-42-43,31-12-11-28(37)15-33(31)39)24(2)53-29-18-48-34(49-19-29)6-4-3-5-26-10-8-25(16-40)14-32(26)38;;/h3-15,21-22,24,29,34H,17-20H2,1-2H3,(H2,45,46,47);;/q;2*+1/p-2/b5-3+,6-4+;;/t24-,29?,34?,36-;;/m1../s1. The van der Waals surface area contributed by atoms with Gasteiger partial charge in [0, 0.05) is 22.4 Å². The molecule has 0 radical (unpaired) electrons. The van der Waals surface area contributed by atoms with Gasteiger partial charge in [0.2, 0.25) is 0 Å². The smallest absolute Gasteiger partial charge is 0.790 e. The number of aryl methyl sites for hydroxylation is 1. The third kappa shape index (κ3) is 13.0. The van der Waals surface area contributed by atoms with Gasteiger partial charge in [-0.2, -0.15) is 10.4 Å². The van der Waals surface area contributed by atoms with E-state index in [1.54, 1.807) is 38.1 Å². The zero-order valence-corrected chi connectivity index (χ0v) is 36.0. The largest absolute Gasteiger partial charge is 1.00 e. The summed E-state index contributed by atoms with van der Waals surface area (Å²) in [5.41, 5.74) is -1.12. The third-order valence-corrected chi connectivity index (χ3v) is 10.0. The number of allylic oxidation sites excluding steroid dienone is 2. The quantitative estimate of drug-likeness (QED) is 0.0668. The van der Waals surface area contributed by atoms with Crippen LogP contribution in [0, 0.1) is 35.7 Å². The predicted octanol–water partition coefficient (Wildman–Crippen LogP) is -0.886. The van der Waals surface area contributed by atoms with Gasteiger partial charge < -0.3 is 33.1 Å². The van der Waals surface area contributed by atoms with Crippen molar-refractivity contribution in [2.24, 2.45) is 0 Å². The van der Waals surface area contributed by atoms with Crippen molar-refractivity contribution in [3.8, 4) is 6.07 Å². The van der Waals surface area contributed by atoms with Crippen LogP contribution in [0.4, 0.5) is 13.2 Å². The van der Waals surface area contributed by atoms with Crippen LogP contribution in [-0.2, 0) is 42.1 Å². The fourth-order valence-corrected chi connectivity index (χ4v) is 7.16. The zero-order valence-electron chi connectivity index (χ0n) is 30.3. The van der Waals surface area contributed by atoms with Crippen LogP contribution >= 0.6 is 19.6 Å². The molecule has 3 aromatic carbocycles. The van der Waals surface area contributed by atoms with Gasteiger partial charge in [0.15, 0.2) is 11.9 Å². The van der Waals surface area contributed by atoms with E-state index in [-0.39, 0.29) is 106 Å². The van der Waals surface area contributed by atoms with Crippen molar-refractivity contribution in [3.63, 3.8) is 0 Å². The molecule has 19 heteroatoms. The minimum absolute atomic E-state index is 0. The second-order valence-corrected chi connectivity index (χ2v) is 14.7. The molecule has 0 N–H and O–H groups in total. The summed E-state index contributed by atoms with van der Waals surface area (Å²) >= 11 is 1.25. The summed E-state index contributed by atoms with van der Waals surface area (Å²) in [6.07, 6.45) is 8.19. The summed E-state index contributed by atoms with van der Waals surface area (Å²) in [7, 11) is -5.41. The molecule has 1 aliphatic heterocycles. The number of carbonyl (C=O) groups excluding carboxylic acids is 1. The molecule has 0 aliphatic carbocycles. The first-order chi connectivity index (χ1) is 25.3. The molecule has 1 saturated heterocycles. The third-order valence-electron chi connectivity index (χ3n) is 8.12. The Balaban J connectivity index is 0.00000406. The summed E-state index contributed by atoms with van der Waals surface area (Å²) in [6, 6.07) is 13.3. The van der Waals surface area contributed by atoms with Gasteiger partial charge in [-0.25, -0.2) is 27.6 Å². The van der Waals surface area contributed by atoms with Gasteiger partial charge in [0.1, 0.15) is 30.1 Å². The van der Waals surface area contributed by atoms with Crippen LogP contribution in [0.1, 0.15) is 45.1 Å². The van der Waals surface area contributed by atoms with E-state index in [9.17, 15) is 27.9 Å². The van der Waals surface area contributed by atoms with Gasteiger partial charge in [-0.3, -0.25) is 0 Å². The van der Waals surface area contributed by atoms with Crippen molar-refractivity contribution in [1.82, 2.24) is 14.8 Å². The molecule has 1 aliphatic rings. The molecule has 1 aromatic heterocycles. The fourth-order valence-electron chi connectivity index (χ4n) is 5.50. The first-order valence-corrected chi connectivity index (χ1v) is 18.4. The first-order valence-electron chi connectivity index (χ1n) is 16.0. The number of phosphoric acid groups is 1.